The number of nitrogens with zero attached hydrogens (tertiary/aromatic N) is 2. The van der Waals surface area contributed by atoms with Crippen molar-refractivity contribution < 1.29 is 15.0 Å². The lowest BCUT2D eigenvalue weighted by molar-refractivity contribution is -0.118. The van der Waals surface area contributed by atoms with Crippen molar-refractivity contribution in [2.45, 2.75) is 46.5 Å². The predicted molar refractivity (Wildman–Crippen MR) is 129 cm³/mol. The molecule has 0 bridgehead atoms. The van der Waals surface area contributed by atoms with Crippen molar-refractivity contribution in [3.05, 3.63) is 73.6 Å². The van der Waals surface area contributed by atoms with Crippen LogP contribution in [0.1, 0.15) is 57.6 Å². The number of Topliss-reactive ketones (excluding diaryl/α,β-unsaturated/α-hetero) is 1. The largest absolute Gasteiger partial charge is 0.512 e. The minimum Gasteiger partial charge on any atom is -0.512 e. The Labute approximate surface area is 194 Å². The number of carbonyl (C=O) groups excluding carboxylic acids is 1. The van der Waals surface area contributed by atoms with Crippen LogP contribution in [-0.2, 0) is 18.9 Å². The van der Waals surface area contributed by atoms with Gasteiger partial charge in [0.1, 0.15) is 5.76 Å². The Hall–Kier alpha value is -3.13. The molecular formula is C25H35N3O5. The molecule has 1 aromatic carbocycles. The van der Waals surface area contributed by atoms with Gasteiger partial charge in [0, 0.05) is 32.5 Å². The summed E-state index contributed by atoms with van der Waals surface area (Å²) in [6, 6.07) is 8.74. The molecule has 1 heterocycles. The lowest BCUT2D eigenvalue weighted by Crippen LogP contribution is -2.40. The maximum absolute atomic E-state index is 13.0. The van der Waals surface area contributed by atoms with Gasteiger partial charge in [-0.1, -0.05) is 58.0 Å². The number of aliphatic hydroxyl groups is 1. The van der Waals surface area contributed by atoms with E-state index in [-0.39, 0.29) is 35.5 Å². The number of nitrogens with one attached hydrogen (secondary N) is 1. The lowest BCUT2D eigenvalue weighted by Gasteiger charge is -2.33. The monoisotopic (exact) mass is 457 g/mol. The Balaban J connectivity index is 0.000000696. The summed E-state index contributed by atoms with van der Waals surface area (Å²) < 4.78 is 1.85. The molecule has 1 atom stereocenters. The summed E-state index contributed by atoms with van der Waals surface area (Å²) in [6.45, 7) is 10.2. The number of aliphatic hydroxyl groups excluding tert-OH is 1. The normalized spacial score (nSPS) is 16.2. The van der Waals surface area contributed by atoms with Gasteiger partial charge < -0.3 is 15.5 Å². The molecule has 0 saturated carbocycles. The van der Waals surface area contributed by atoms with Crippen LogP contribution in [0.3, 0.4) is 0 Å². The fourth-order valence-electron chi connectivity index (χ4n) is 4.11. The van der Waals surface area contributed by atoms with E-state index < -0.39 is 28.5 Å². The number of benzene rings is 1. The quantitative estimate of drug-likeness (QED) is 0.636. The van der Waals surface area contributed by atoms with Crippen LogP contribution in [0.2, 0.25) is 0 Å². The lowest BCUT2D eigenvalue weighted by atomic mass is 9.71. The second-order valence-corrected chi connectivity index (χ2v) is 9.05. The highest BCUT2D eigenvalue weighted by atomic mass is 16.3. The zero-order valence-electron chi connectivity index (χ0n) is 20.3. The number of aromatic nitrogens is 2. The van der Waals surface area contributed by atoms with Gasteiger partial charge in [0.15, 0.2) is 5.78 Å². The predicted octanol–water partition coefficient (Wildman–Crippen LogP) is 2.74. The second kappa shape index (κ2) is 10.7. The molecule has 0 amide bonds. The van der Waals surface area contributed by atoms with Gasteiger partial charge in [-0.25, -0.2) is 4.79 Å². The van der Waals surface area contributed by atoms with Crippen molar-refractivity contribution in [1.29, 1.82) is 0 Å². The molecule has 1 aliphatic carbocycles. The van der Waals surface area contributed by atoms with E-state index in [0.717, 1.165) is 22.2 Å². The number of allylic oxidation sites excluding steroid dienone is 2. The molecule has 0 radical (unpaired) electrons. The van der Waals surface area contributed by atoms with Gasteiger partial charge in [-0.2, -0.15) is 0 Å². The summed E-state index contributed by atoms with van der Waals surface area (Å²) in [7, 11) is 2.67. The number of aromatic hydroxyl groups is 1. The number of hydrogen-bond donors (Lipinski definition) is 3. The first kappa shape index (κ1) is 26.1. The average Bonchev–Trinajstić information content (AvgIpc) is 2.75. The molecule has 0 saturated heterocycles. The summed E-state index contributed by atoms with van der Waals surface area (Å²) in [4.78, 5) is 38.1. The minimum absolute atomic E-state index is 0.0922. The van der Waals surface area contributed by atoms with Crippen LogP contribution >= 0.6 is 0 Å². The van der Waals surface area contributed by atoms with Crippen molar-refractivity contribution in [3.63, 3.8) is 0 Å². The molecule has 8 nitrogen and oxygen atoms in total. The van der Waals surface area contributed by atoms with Gasteiger partial charge in [0.25, 0.3) is 5.56 Å². The van der Waals surface area contributed by atoms with E-state index in [1.165, 1.54) is 14.1 Å². The van der Waals surface area contributed by atoms with Crippen molar-refractivity contribution in [1.82, 2.24) is 14.5 Å². The van der Waals surface area contributed by atoms with Gasteiger partial charge >= 0.3 is 5.69 Å². The summed E-state index contributed by atoms with van der Waals surface area (Å²) in [5, 5.41) is 24.5. The molecule has 3 rings (SSSR count). The Kier molecular flexibility index (Phi) is 8.44. The van der Waals surface area contributed by atoms with E-state index in [1.54, 1.807) is 30.3 Å². The highest BCUT2D eigenvalue weighted by molar-refractivity contribution is 5.99. The summed E-state index contributed by atoms with van der Waals surface area (Å²) in [6.07, 6.45) is 0.493. The Morgan fingerprint density at radius 2 is 1.55 bits per heavy atom. The fourth-order valence-corrected chi connectivity index (χ4v) is 4.11. The SMILES string of the molecule is CCNCC.Cn1c(O)c(C(C2=C(O)CC(C)(C)CC2=O)c2ccccc2)c(=O)n(C)c1=O. The first-order chi connectivity index (χ1) is 15.5. The first-order valence-electron chi connectivity index (χ1n) is 11.2. The topological polar surface area (TPSA) is 114 Å². The van der Waals surface area contributed by atoms with Crippen molar-refractivity contribution >= 4 is 5.78 Å². The molecule has 1 aromatic heterocycles. The van der Waals surface area contributed by atoms with Crippen LogP contribution in [0.4, 0.5) is 0 Å². The number of ketones is 1. The molecule has 0 fully saturated rings. The summed E-state index contributed by atoms with van der Waals surface area (Å²) in [5.74, 6) is -1.86. The van der Waals surface area contributed by atoms with Crippen LogP contribution in [-0.4, -0.2) is 38.2 Å². The van der Waals surface area contributed by atoms with E-state index in [1.807, 2.05) is 13.8 Å². The zero-order valence-corrected chi connectivity index (χ0v) is 20.3. The fraction of sp³-hybridized carbons (Fsp3) is 0.480. The third kappa shape index (κ3) is 5.63. The van der Waals surface area contributed by atoms with Gasteiger partial charge in [-0.3, -0.25) is 18.7 Å². The average molecular weight is 458 g/mol. The number of hydrogen-bond acceptors (Lipinski definition) is 6. The van der Waals surface area contributed by atoms with E-state index in [4.69, 9.17) is 0 Å². The highest BCUT2D eigenvalue weighted by Crippen LogP contribution is 2.43. The maximum Gasteiger partial charge on any atom is 0.333 e. The van der Waals surface area contributed by atoms with Crippen LogP contribution < -0.4 is 16.6 Å². The van der Waals surface area contributed by atoms with Gasteiger partial charge in [0.05, 0.1) is 11.5 Å². The summed E-state index contributed by atoms with van der Waals surface area (Å²) in [5.41, 5.74) is -1.22. The van der Waals surface area contributed by atoms with Gasteiger partial charge in [-0.05, 0) is 24.1 Å². The second-order valence-electron chi connectivity index (χ2n) is 9.05. The van der Waals surface area contributed by atoms with E-state index in [2.05, 4.69) is 19.2 Å². The third-order valence-electron chi connectivity index (χ3n) is 5.77. The molecule has 8 heteroatoms. The van der Waals surface area contributed by atoms with Crippen molar-refractivity contribution in [3.8, 4) is 5.88 Å². The first-order valence-corrected chi connectivity index (χ1v) is 11.2. The number of rotatable bonds is 5. The van der Waals surface area contributed by atoms with Crippen LogP contribution in [0, 0.1) is 5.41 Å². The van der Waals surface area contributed by atoms with Crippen molar-refractivity contribution in [2.75, 3.05) is 13.1 Å². The standard InChI is InChI=1S/C21H24N2O5.C4H11N/c1-21(2)10-13(24)16(14(25)11-21)15(12-8-6-5-7-9-12)17-18(26)22(3)20(28)23(4)19(17)27;1-3-5-4-2/h5-9,15,24,26H,10-11H2,1-4H3;5H,3-4H2,1-2H3. The Morgan fingerprint density at radius 3 is 2.03 bits per heavy atom. The molecule has 3 N–H and O–H groups in total. The van der Waals surface area contributed by atoms with E-state index in [0.29, 0.717) is 5.56 Å². The minimum atomic E-state index is -0.977. The molecule has 0 spiro atoms. The Bertz CT molecular complexity index is 1140. The van der Waals surface area contributed by atoms with Gasteiger partial charge in [-0.15, -0.1) is 0 Å². The van der Waals surface area contributed by atoms with E-state index in [9.17, 15) is 24.6 Å². The van der Waals surface area contributed by atoms with Crippen LogP contribution in [0.5, 0.6) is 5.88 Å². The summed E-state index contributed by atoms with van der Waals surface area (Å²) >= 11 is 0. The molecule has 1 unspecified atom stereocenters. The van der Waals surface area contributed by atoms with Crippen LogP contribution in [0.25, 0.3) is 0 Å². The Morgan fingerprint density at radius 1 is 0.970 bits per heavy atom. The molecule has 0 aliphatic heterocycles. The maximum atomic E-state index is 13.0. The molecular weight excluding hydrogens is 422 g/mol. The smallest absolute Gasteiger partial charge is 0.333 e. The molecule has 1 aliphatic rings. The van der Waals surface area contributed by atoms with E-state index >= 15 is 0 Å². The molecule has 180 valence electrons. The highest BCUT2D eigenvalue weighted by Gasteiger charge is 2.40. The van der Waals surface area contributed by atoms with Crippen molar-refractivity contribution in [2.24, 2.45) is 19.5 Å². The van der Waals surface area contributed by atoms with Gasteiger partial charge in [0.2, 0.25) is 5.88 Å². The zero-order chi connectivity index (χ0) is 24.9. The third-order valence-corrected chi connectivity index (χ3v) is 5.77. The molecule has 33 heavy (non-hydrogen) atoms. The molecule has 2 aromatic rings. The number of carbonyl (C=O) groups is 1. The van der Waals surface area contributed by atoms with Crippen LogP contribution in [0.15, 0.2) is 51.3 Å².